The van der Waals surface area contributed by atoms with E-state index >= 15 is 0 Å². The SMILES string of the molecule is CCn1c(NC(=O)C2COc3ccccc3O2)nnc1SCc1ccccc1Cl. The third-order valence-corrected chi connectivity index (χ3v) is 5.77. The van der Waals surface area contributed by atoms with E-state index in [1.54, 1.807) is 12.1 Å². The van der Waals surface area contributed by atoms with Crippen LogP contribution in [0.25, 0.3) is 0 Å². The molecule has 29 heavy (non-hydrogen) atoms. The summed E-state index contributed by atoms with van der Waals surface area (Å²) < 4.78 is 13.2. The van der Waals surface area contributed by atoms with E-state index in [1.807, 2.05) is 47.9 Å². The first-order chi connectivity index (χ1) is 14.2. The number of para-hydroxylation sites is 2. The molecule has 9 heteroatoms. The average Bonchev–Trinajstić information content (AvgIpc) is 3.14. The Balaban J connectivity index is 1.43. The number of ether oxygens (including phenoxy) is 2. The standard InChI is InChI=1S/C20H19ClN4O3S/c1-2-25-19(23-24-20(25)29-12-13-7-3-4-8-14(13)21)22-18(26)17-11-27-15-9-5-6-10-16(15)28-17/h3-10,17H,2,11-12H2,1H3,(H,22,23,26). The Morgan fingerprint density at radius 2 is 1.97 bits per heavy atom. The molecule has 7 nitrogen and oxygen atoms in total. The van der Waals surface area contributed by atoms with Crippen molar-refractivity contribution in [2.45, 2.75) is 30.5 Å². The Morgan fingerprint density at radius 3 is 2.76 bits per heavy atom. The molecule has 2 aromatic carbocycles. The summed E-state index contributed by atoms with van der Waals surface area (Å²) in [7, 11) is 0. The lowest BCUT2D eigenvalue weighted by molar-refractivity contribution is -0.125. The molecule has 1 aliphatic rings. The predicted molar refractivity (Wildman–Crippen MR) is 112 cm³/mol. The van der Waals surface area contributed by atoms with Crippen molar-refractivity contribution in [2.75, 3.05) is 11.9 Å². The lowest BCUT2D eigenvalue weighted by Crippen LogP contribution is -2.40. The van der Waals surface area contributed by atoms with Crippen LogP contribution in [-0.4, -0.2) is 33.4 Å². The number of nitrogens with zero attached hydrogens (tertiary/aromatic N) is 3. The number of thioether (sulfide) groups is 1. The second-order valence-electron chi connectivity index (χ2n) is 6.28. The number of fused-ring (bicyclic) bond motifs is 1. The Labute approximate surface area is 177 Å². The summed E-state index contributed by atoms with van der Waals surface area (Å²) in [6.07, 6.45) is -0.758. The zero-order chi connectivity index (χ0) is 20.2. The molecule has 1 amide bonds. The van der Waals surface area contributed by atoms with Crippen molar-refractivity contribution in [3.05, 3.63) is 59.1 Å². The van der Waals surface area contributed by atoms with Crippen LogP contribution in [0.4, 0.5) is 5.95 Å². The number of hydrogen-bond donors (Lipinski definition) is 1. The zero-order valence-electron chi connectivity index (χ0n) is 15.7. The summed E-state index contributed by atoms with van der Waals surface area (Å²) in [6.45, 7) is 2.71. The molecule has 0 aliphatic carbocycles. The van der Waals surface area contributed by atoms with Gasteiger partial charge in [0.1, 0.15) is 6.61 Å². The van der Waals surface area contributed by atoms with Gasteiger partial charge in [0.25, 0.3) is 5.91 Å². The highest BCUT2D eigenvalue weighted by molar-refractivity contribution is 7.98. The molecule has 0 spiro atoms. The van der Waals surface area contributed by atoms with Crippen molar-refractivity contribution in [2.24, 2.45) is 0 Å². The zero-order valence-corrected chi connectivity index (χ0v) is 17.2. The maximum Gasteiger partial charge on any atom is 0.271 e. The highest BCUT2D eigenvalue weighted by atomic mass is 35.5. The number of halogens is 1. The van der Waals surface area contributed by atoms with Crippen molar-refractivity contribution >= 4 is 35.2 Å². The highest BCUT2D eigenvalue weighted by Crippen LogP contribution is 2.31. The first-order valence-corrected chi connectivity index (χ1v) is 10.5. The van der Waals surface area contributed by atoms with Gasteiger partial charge >= 0.3 is 0 Å². The van der Waals surface area contributed by atoms with Crippen LogP contribution < -0.4 is 14.8 Å². The monoisotopic (exact) mass is 430 g/mol. The van der Waals surface area contributed by atoms with Crippen molar-refractivity contribution < 1.29 is 14.3 Å². The third-order valence-electron chi connectivity index (χ3n) is 4.38. The van der Waals surface area contributed by atoms with Gasteiger partial charge in [-0.1, -0.05) is 53.7 Å². The van der Waals surface area contributed by atoms with Gasteiger partial charge in [0.2, 0.25) is 12.1 Å². The number of aromatic nitrogens is 3. The van der Waals surface area contributed by atoms with E-state index in [0.29, 0.717) is 39.9 Å². The molecule has 0 radical (unpaired) electrons. The summed E-state index contributed by atoms with van der Waals surface area (Å²) in [6, 6.07) is 14.9. The molecule has 1 aliphatic heterocycles. The maximum absolute atomic E-state index is 12.7. The smallest absolute Gasteiger partial charge is 0.271 e. The van der Waals surface area contributed by atoms with Crippen LogP contribution in [0.3, 0.4) is 0 Å². The number of carbonyl (C=O) groups excluding carboxylic acids is 1. The van der Waals surface area contributed by atoms with E-state index < -0.39 is 6.10 Å². The molecule has 1 aromatic heterocycles. The Morgan fingerprint density at radius 1 is 1.21 bits per heavy atom. The number of carbonyl (C=O) groups is 1. The molecule has 1 atom stereocenters. The summed E-state index contributed by atoms with van der Waals surface area (Å²) in [5, 5.41) is 12.6. The first-order valence-electron chi connectivity index (χ1n) is 9.14. The van der Waals surface area contributed by atoms with Crippen LogP contribution in [0.15, 0.2) is 53.7 Å². The first kappa shape index (κ1) is 19.6. The molecule has 3 aromatic rings. The van der Waals surface area contributed by atoms with Gasteiger partial charge < -0.3 is 9.47 Å². The molecule has 1 N–H and O–H groups in total. The minimum absolute atomic E-state index is 0.136. The van der Waals surface area contributed by atoms with Crippen LogP contribution >= 0.6 is 23.4 Å². The third kappa shape index (κ3) is 4.33. The second-order valence-corrected chi connectivity index (χ2v) is 7.63. The van der Waals surface area contributed by atoms with Crippen molar-refractivity contribution in [1.82, 2.24) is 14.8 Å². The van der Waals surface area contributed by atoms with Gasteiger partial charge in [-0.2, -0.15) is 0 Å². The molecule has 2 heterocycles. The van der Waals surface area contributed by atoms with Gasteiger partial charge in [-0.25, -0.2) is 0 Å². The van der Waals surface area contributed by atoms with Crippen LogP contribution in [0.5, 0.6) is 11.5 Å². The number of amides is 1. The number of hydrogen-bond acceptors (Lipinski definition) is 6. The van der Waals surface area contributed by atoms with E-state index in [9.17, 15) is 4.79 Å². The summed E-state index contributed by atoms with van der Waals surface area (Å²) in [4.78, 5) is 12.7. The Hall–Kier alpha value is -2.71. The Kier molecular flexibility index (Phi) is 5.92. The number of benzene rings is 2. The number of rotatable bonds is 6. The fourth-order valence-electron chi connectivity index (χ4n) is 2.87. The molecule has 0 fully saturated rings. The van der Waals surface area contributed by atoms with Crippen LogP contribution in [0.1, 0.15) is 12.5 Å². The van der Waals surface area contributed by atoms with Gasteiger partial charge in [-0.3, -0.25) is 14.7 Å². The van der Waals surface area contributed by atoms with E-state index in [-0.39, 0.29) is 12.5 Å². The van der Waals surface area contributed by atoms with Gasteiger partial charge in [-0.15, -0.1) is 10.2 Å². The van der Waals surface area contributed by atoms with Crippen LogP contribution in [0, 0.1) is 0 Å². The van der Waals surface area contributed by atoms with E-state index in [1.165, 1.54) is 11.8 Å². The molecular weight excluding hydrogens is 412 g/mol. The fourth-order valence-corrected chi connectivity index (χ4v) is 4.16. The number of anilines is 1. The van der Waals surface area contributed by atoms with Gasteiger partial charge in [0.15, 0.2) is 16.7 Å². The molecule has 150 valence electrons. The summed E-state index contributed by atoms with van der Waals surface area (Å²) >= 11 is 7.73. The average molecular weight is 431 g/mol. The van der Waals surface area contributed by atoms with E-state index in [2.05, 4.69) is 15.5 Å². The van der Waals surface area contributed by atoms with E-state index in [0.717, 1.165) is 5.56 Å². The lowest BCUT2D eigenvalue weighted by atomic mass is 10.2. The van der Waals surface area contributed by atoms with E-state index in [4.69, 9.17) is 21.1 Å². The minimum Gasteiger partial charge on any atom is -0.485 e. The van der Waals surface area contributed by atoms with Crippen LogP contribution in [-0.2, 0) is 17.1 Å². The molecule has 0 bridgehead atoms. The Bertz CT molecular complexity index is 1030. The van der Waals surface area contributed by atoms with Crippen molar-refractivity contribution in [3.8, 4) is 11.5 Å². The predicted octanol–water partition coefficient (Wildman–Crippen LogP) is 4.02. The van der Waals surface area contributed by atoms with Gasteiger partial charge in [-0.05, 0) is 30.7 Å². The van der Waals surface area contributed by atoms with Crippen LogP contribution in [0.2, 0.25) is 5.02 Å². The van der Waals surface area contributed by atoms with Crippen molar-refractivity contribution in [3.63, 3.8) is 0 Å². The van der Waals surface area contributed by atoms with Gasteiger partial charge in [0, 0.05) is 17.3 Å². The number of nitrogens with one attached hydrogen (secondary N) is 1. The second kappa shape index (κ2) is 8.75. The molecule has 1 unspecified atom stereocenters. The largest absolute Gasteiger partial charge is 0.485 e. The highest BCUT2D eigenvalue weighted by Gasteiger charge is 2.28. The molecule has 0 saturated carbocycles. The lowest BCUT2D eigenvalue weighted by Gasteiger charge is -2.25. The molecular formula is C20H19ClN4O3S. The molecule has 4 rings (SSSR count). The summed E-state index contributed by atoms with van der Waals surface area (Å²) in [5.41, 5.74) is 1.02. The van der Waals surface area contributed by atoms with Gasteiger partial charge in [0.05, 0.1) is 0 Å². The maximum atomic E-state index is 12.7. The summed E-state index contributed by atoms with van der Waals surface area (Å²) in [5.74, 6) is 1.88. The normalized spacial score (nSPS) is 15.2. The quantitative estimate of drug-likeness (QED) is 0.595. The van der Waals surface area contributed by atoms with Crippen molar-refractivity contribution in [1.29, 1.82) is 0 Å². The molecule has 0 saturated heterocycles. The topological polar surface area (TPSA) is 78.3 Å². The minimum atomic E-state index is -0.758. The fraction of sp³-hybridized carbons (Fsp3) is 0.250.